The van der Waals surface area contributed by atoms with Crippen molar-refractivity contribution < 1.29 is 9.21 Å². The fourth-order valence-electron chi connectivity index (χ4n) is 2.28. The third-order valence-corrected chi connectivity index (χ3v) is 4.47. The van der Waals surface area contributed by atoms with Crippen molar-refractivity contribution in [3.05, 3.63) is 63.2 Å². The third kappa shape index (κ3) is 3.80. The summed E-state index contributed by atoms with van der Waals surface area (Å²) in [6.45, 7) is 2.46. The molecule has 24 heavy (non-hydrogen) atoms. The standard InChI is InChI=1S/C17H17N3O3S/c1-12-11-24-17(22)20(12)8-7-15(21)18-10-16-19-9-14(23-16)13-5-3-2-4-6-13/h2-6,9,11H,7-8,10H2,1H3,(H,18,21). The highest BCUT2D eigenvalue weighted by molar-refractivity contribution is 7.07. The maximum Gasteiger partial charge on any atom is 0.307 e. The summed E-state index contributed by atoms with van der Waals surface area (Å²) < 4.78 is 7.23. The van der Waals surface area contributed by atoms with Crippen LogP contribution in [0.15, 0.2) is 51.1 Å². The van der Waals surface area contributed by atoms with E-state index in [-0.39, 0.29) is 23.7 Å². The summed E-state index contributed by atoms with van der Waals surface area (Å²) in [6, 6.07) is 9.65. The number of thiazole rings is 1. The van der Waals surface area contributed by atoms with E-state index in [1.54, 1.807) is 16.1 Å². The Morgan fingerprint density at radius 3 is 2.83 bits per heavy atom. The minimum absolute atomic E-state index is 0.0412. The summed E-state index contributed by atoms with van der Waals surface area (Å²) in [6.07, 6.45) is 1.88. The van der Waals surface area contributed by atoms with Crippen molar-refractivity contribution in [3.8, 4) is 11.3 Å². The molecule has 0 saturated carbocycles. The molecule has 7 heteroatoms. The molecule has 1 N–H and O–H groups in total. The van der Waals surface area contributed by atoms with Gasteiger partial charge in [-0.05, 0) is 6.92 Å². The molecule has 3 rings (SSSR count). The van der Waals surface area contributed by atoms with Crippen LogP contribution in [0.1, 0.15) is 18.0 Å². The van der Waals surface area contributed by atoms with E-state index in [9.17, 15) is 9.59 Å². The molecule has 3 aromatic rings. The Morgan fingerprint density at radius 1 is 1.33 bits per heavy atom. The van der Waals surface area contributed by atoms with Gasteiger partial charge in [0.05, 0.1) is 12.7 Å². The van der Waals surface area contributed by atoms with E-state index < -0.39 is 0 Å². The van der Waals surface area contributed by atoms with Gasteiger partial charge in [-0.15, -0.1) is 0 Å². The van der Waals surface area contributed by atoms with E-state index in [0.717, 1.165) is 22.6 Å². The Balaban J connectivity index is 1.52. The number of carbonyl (C=O) groups is 1. The number of oxazole rings is 1. The van der Waals surface area contributed by atoms with Crippen LogP contribution in [-0.2, 0) is 17.9 Å². The molecule has 0 fully saturated rings. The molecule has 124 valence electrons. The summed E-state index contributed by atoms with van der Waals surface area (Å²) >= 11 is 1.14. The van der Waals surface area contributed by atoms with Gasteiger partial charge in [0.1, 0.15) is 0 Å². The van der Waals surface area contributed by atoms with Gasteiger partial charge < -0.3 is 14.3 Å². The summed E-state index contributed by atoms with van der Waals surface area (Å²) in [7, 11) is 0. The Kier molecular flexibility index (Phi) is 4.90. The van der Waals surface area contributed by atoms with Crippen LogP contribution in [0.2, 0.25) is 0 Å². The predicted molar refractivity (Wildman–Crippen MR) is 91.7 cm³/mol. The largest absolute Gasteiger partial charge is 0.439 e. The summed E-state index contributed by atoms with van der Waals surface area (Å²) in [5.41, 5.74) is 1.81. The van der Waals surface area contributed by atoms with Gasteiger partial charge in [-0.3, -0.25) is 9.59 Å². The van der Waals surface area contributed by atoms with E-state index in [0.29, 0.717) is 18.2 Å². The Hall–Kier alpha value is -2.67. The van der Waals surface area contributed by atoms with Crippen molar-refractivity contribution in [3.63, 3.8) is 0 Å². The molecule has 0 saturated heterocycles. The van der Waals surface area contributed by atoms with Gasteiger partial charge in [0, 0.05) is 29.6 Å². The van der Waals surface area contributed by atoms with E-state index >= 15 is 0 Å². The number of aromatic nitrogens is 2. The summed E-state index contributed by atoms with van der Waals surface area (Å²) in [4.78, 5) is 27.6. The SMILES string of the molecule is Cc1csc(=O)n1CCC(=O)NCc1ncc(-c2ccccc2)o1. The van der Waals surface area contributed by atoms with Gasteiger partial charge in [-0.2, -0.15) is 0 Å². The zero-order valence-corrected chi connectivity index (χ0v) is 14.0. The molecule has 6 nitrogen and oxygen atoms in total. The Bertz CT molecular complexity index is 880. The molecule has 0 aliphatic carbocycles. The molecule has 0 unspecified atom stereocenters. The quantitative estimate of drug-likeness (QED) is 0.746. The maximum atomic E-state index is 11.9. The first kappa shape index (κ1) is 16.2. The first-order chi connectivity index (χ1) is 11.6. The number of hydrogen-bond donors (Lipinski definition) is 1. The number of hydrogen-bond acceptors (Lipinski definition) is 5. The van der Waals surface area contributed by atoms with Crippen molar-refractivity contribution >= 4 is 17.2 Å². The monoisotopic (exact) mass is 343 g/mol. The second kappa shape index (κ2) is 7.27. The van der Waals surface area contributed by atoms with E-state index in [4.69, 9.17) is 4.42 Å². The molecule has 0 radical (unpaired) electrons. The highest BCUT2D eigenvalue weighted by atomic mass is 32.1. The van der Waals surface area contributed by atoms with Crippen molar-refractivity contribution in [2.75, 3.05) is 0 Å². The minimum Gasteiger partial charge on any atom is -0.439 e. The van der Waals surface area contributed by atoms with Crippen molar-refractivity contribution in [1.82, 2.24) is 14.9 Å². The molecule has 0 bridgehead atoms. The van der Waals surface area contributed by atoms with Crippen LogP contribution in [-0.4, -0.2) is 15.5 Å². The normalized spacial score (nSPS) is 10.7. The maximum absolute atomic E-state index is 11.9. The van der Waals surface area contributed by atoms with Crippen LogP contribution >= 0.6 is 11.3 Å². The number of benzene rings is 1. The van der Waals surface area contributed by atoms with Gasteiger partial charge in [-0.1, -0.05) is 41.7 Å². The van der Waals surface area contributed by atoms with Gasteiger partial charge in [0.2, 0.25) is 11.8 Å². The van der Waals surface area contributed by atoms with Gasteiger partial charge in [-0.25, -0.2) is 4.98 Å². The highest BCUT2D eigenvalue weighted by Gasteiger charge is 2.09. The average molecular weight is 343 g/mol. The van der Waals surface area contributed by atoms with Crippen LogP contribution < -0.4 is 10.2 Å². The zero-order valence-electron chi connectivity index (χ0n) is 13.2. The molecule has 1 aromatic carbocycles. The third-order valence-electron chi connectivity index (χ3n) is 3.59. The number of carbonyl (C=O) groups excluding carboxylic acids is 1. The zero-order chi connectivity index (χ0) is 16.9. The van der Waals surface area contributed by atoms with Gasteiger partial charge in [0.15, 0.2) is 5.76 Å². The molecular weight excluding hydrogens is 326 g/mol. The lowest BCUT2D eigenvalue weighted by Crippen LogP contribution is -2.26. The fourth-order valence-corrected chi connectivity index (χ4v) is 3.04. The molecule has 2 heterocycles. The first-order valence-electron chi connectivity index (χ1n) is 7.55. The minimum atomic E-state index is -0.146. The van der Waals surface area contributed by atoms with E-state index in [2.05, 4.69) is 10.3 Å². The number of nitrogens with zero attached hydrogens (tertiary/aromatic N) is 2. The smallest absolute Gasteiger partial charge is 0.307 e. The molecule has 2 aromatic heterocycles. The number of aryl methyl sites for hydroxylation is 1. The predicted octanol–water partition coefficient (Wildman–Crippen LogP) is 2.58. The lowest BCUT2D eigenvalue weighted by atomic mass is 10.2. The van der Waals surface area contributed by atoms with Gasteiger partial charge >= 0.3 is 4.87 Å². The van der Waals surface area contributed by atoms with Crippen LogP contribution in [0.4, 0.5) is 0 Å². The Morgan fingerprint density at radius 2 is 2.12 bits per heavy atom. The van der Waals surface area contributed by atoms with Crippen LogP contribution in [0, 0.1) is 6.92 Å². The molecule has 0 atom stereocenters. The second-order valence-corrected chi connectivity index (χ2v) is 6.13. The van der Waals surface area contributed by atoms with Crippen LogP contribution in [0.25, 0.3) is 11.3 Å². The second-order valence-electron chi connectivity index (χ2n) is 5.31. The lowest BCUT2D eigenvalue weighted by Gasteiger charge is -2.05. The topological polar surface area (TPSA) is 77.1 Å². The molecule has 1 amide bonds. The molecular formula is C17H17N3O3S. The van der Waals surface area contributed by atoms with Gasteiger partial charge in [0.25, 0.3) is 0 Å². The first-order valence-corrected chi connectivity index (χ1v) is 8.43. The van der Waals surface area contributed by atoms with E-state index in [1.807, 2.05) is 37.3 Å². The lowest BCUT2D eigenvalue weighted by molar-refractivity contribution is -0.121. The van der Waals surface area contributed by atoms with Crippen molar-refractivity contribution in [2.45, 2.75) is 26.4 Å². The van der Waals surface area contributed by atoms with Crippen molar-refractivity contribution in [2.24, 2.45) is 0 Å². The van der Waals surface area contributed by atoms with Crippen LogP contribution in [0.5, 0.6) is 0 Å². The average Bonchev–Trinajstić information content (AvgIpc) is 3.19. The number of rotatable bonds is 6. The van der Waals surface area contributed by atoms with E-state index in [1.165, 1.54) is 0 Å². The summed E-state index contributed by atoms with van der Waals surface area (Å²) in [5, 5.41) is 4.55. The molecule has 0 aliphatic rings. The Labute approximate surface area is 142 Å². The van der Waals surface area contributed by atoms with Crippen LogP contribution in [0.3, 0.4) is 0 Å². The number of amides is 1. The summed E-state index contributed by atoms with van der Waals surface area (Å²) in [5.74, 6) is 0.971. The molecule has 0 aliphatic heterocycles. The van der Waals surface area contributed by atoms with Crippen molar-refractivity contribution in [1.29, 1.82) is 0 Å². The molecule has 0 spiro atoms. The highest BCUT2D eigenvalue weighted by Crippen LogP contribution is 2.19. The fraction of sp³-hybridized carbons (Fsp3) is 0.235. The number of nitrogens with one attached hydrogen (secondary N) is 1.